The Morgan fingerprint density at radius 3 is 2.44 bits per heavy atom. The number of esters is 1. The number of halogens is 3. The van der Waals surface area contributed by atoms with Crippen molar-refractivity contribution < 1.29 is 9.53 Å². The number of nitrogens with two attached hydrogens (primary N) is 1. The van der Waals surface area contributed by atoms with Crippen LogP contribution in [-0.4, -0.2) is 17.0 Å². The molecule has 4 nitrogen and oxygen atoms in total. The van der Waals surface area contributed by atoms with Crippen molar-refractivity contribution in [1.29, 1.82) is 0 Å². The molecule has 0 saturated heterocycles. The second-order valence-corrected chi connectivity index (χ2v) is 4.93. The van der Waals surface area contributed by atoms with Gasteiger partial charge in [-0.3, -0.25) is 4.79 Å². The minimum atomic E-state index is -0.212. The summed E-state index contributed by atoms with van der Waals surface area (Å²) in [4.78, 5) is 15.4. The molecule has 0 spiro atoms. The summed E-state index contributed by atoms with van der Waals surface area (Å²) < 4.78 is 5.15. The average Bonchev–Trinajstić information content (AvgIpc) is 2.20. The summed E-state index contributed by atoms with van der Waals surface area (Å²) in [7, 11) is 0. The van der Waals surface area contributed by atoms with Crippen LogP contribution >= 0.6 is 35.6 Å². The van der Waals surface area contributed by atoms with Crippen molar-refractivity contribution in [2.75, 3.05) is 0 Å². The molecule has 18 heavy (non-hydrogen) atoms. The molecule has 1 saturated carbocycles. The molecular weight excluding hydrogens is 298 g/mol. The van der Waals surface area contributed by atoms with E-state index in [0.717, 1.165) is 5.56 Å². The molecule has 1 heterocycles. The number of ether oxygens (including phenoxy) is 1. The van der Waals surface area contributed by atoms with Crippen LogP contribution in [0.5, 0.6) is 0 Å². The molecule has 1 aromatic heterocycles. The molecule has 0 radical (unpaired) electrons. The van der Waals surface area contributed by atoms with Gasteiger partial charge in [0.2, 0.25) is 0 Å². The van der Waals surface area contributed by atoms with E-state index in [4.69, 9.17) is 33.7 Å². The fraction of sp³-hybridized carbons (Fsp3) is 0.455. The molecule has 100 valence electrons. The van der Waals surface area contributed by atoms with E-state index >= 15 is 0 Å². The Bertz CT molecular complexity index is 416. The van der Waals surface area contributed by atoms with Gasteiger partial charge in [0.05, 0.1) is 5.92 Å². The van der Waals surface area contributed by atoms with Gasteiger partial charge in [-0.2, -0.15) is 0 Å². The second-order valence-electron chi connectivity index (χ2n) is 4.16. The number of aromatic nitrogens is 1. The number of hydrogen-bond donors (Lipinski definition) is 1. The van der Waals surface area contributed by atoms with Gasteiger partial charge in [0.1, 0.15) is 16.9 Å². The minimum absolute atomic E-state index is 0. The Hall–Kier alpha value is -0.550. The molecule has 0 aliphatic heterocycles. The minimum Gasteiger partial charge on any atom is -0.461 e. The van der Waals surface area contributed by atoms with Gasteiger partial charge in [-0.15, -0.1) is 12.4 Å². The predicted molar refractivity (Wildman–Crippen MR) is 72.0 cm³/mol. The molecule has 0 atom stereocenters. The van der Waals surface area contributed by atoms with Gasteiger partial charge in [-0.25, -0.2) is 4.98 Å². The second kappa shape index (κ2) is 6.57. The lowest BCUT2D eigenvalue weighted by molar-refractivity contribution is -0.153. The molecule has 1 aromatic rings. The Morgan fingerprint density at radius 2 is 1.94 bits per heavy atom. The van der Waals surface area contributed by atoms with E-state index in [2.05, 4.69) is 4.98 Å². The summed E-state index contributed by atoms with van der Waals surface area (Å²) in [6, 6.07) is 3.37. The van der Waals surface area contributed by atoms with Gasteiger partial charge < -0.3 is 10.5 Å². The predicted octanol–water partition coefficient (Wildman–Crippen LogP) is 2.59. The number of nitrogens with zero attached hydrogens (tertiary/aromatic N) is 1. The van der Waals surface area contributed by atoms with E-state index in [1.807, 2.05) is 0 Å². The third kappa shape index (κ3) is 3.99. The maximum atomic E-state index is 11.6. The summed E-state index contributed by atoms with van der Waals surface area (Å²) in [5.74, 6) is -0.270. The Balaban J connectivity index is 0.00000162. The molecule has 0 aromatic carbocycles. The van der Waals surface area contributed by atoms with E-state index in [9.17, 15) is 4.79 Å². The maximum absolute atomic E-state index is 11.6. The summed E-state index contributed by atoms with van der Waals surface area (Å²) in [6.07, 6.45) is 1.41. The molecule has 2 rings (SSSR count). The molecule has 7 heteroatoms. The number of carbonyl (C=O) groups is 1. The van der Waals surface area contributed by atoms with Crippen molar-refractivity contribution in [3.05, 3.63) is 28.0 Å². The molecule has 0 bridgehead atoms. The quantitative estimate of drug-likeness (QED) is 0.688. The maximum Gasteiger partial charge on any atom is 0.309 e. The lowest BCUT2D eigenvalue weighted by Crippen LogP contribution is -2.41. The highest BCUT2D eigenvalue weighted by molar-refractivity contribution is 6.32. The van der Waals surface area contributed by atoms with E-state index < -0.39 is 0 Å². The van der Waals surface area contributed by atoms with Gasteiger partial charge in [0, 0.05) is 6.04 Å². The van der Waals surface area contributed by atoms with Crippen LogP contribution in [0, 0.1) is 5.92 Å². The van der Waals surface area contributed by atoms with Crippen molar-refractivity contribution in [3.8, 4) is 0 Å². The fourth-order valence-electron chi connectivity index (χ4n) is 1.72. The number of hydrogen-bond acceptors (Lipinski definition) is 4. The third-order valence-corrected chi connectivity index (χ3v) is 3.10. The van der Waals surface area contributed by atoms with Crippen LogP contribution in [-0.2, 0) is 16.1 Å². The van der Waals surface area contributed by atoms with Crippen LogP contribution in [0.1, 0.15) is 18.4 Å². The van der Waals surface area contributed by atoms with E-state index in [0.29, 0.717) is 12.8 Å². The molecule has 1 fully saturated rings. The monoisotopic (exact) mass is 310 g/mol. The zero-order valence-electron chi connectivity index (χ0n) is 9.44. The normalized spacial score (nSPS) is 21.7. The lowest BCUT2D eigenvalue weighted by Gasteiger charge is -2.30. The van der Waals surface area contributed by atoms with E-state index in [1.54, 1.807) is 12.1 Å². The number of pyridine rings is 1. The van der Waals surface area contributed by atoms with Crippen molar-refractivity contribution in [1.82, 2.24) is 4.98 Å². The Kier molecular flexibility index (Phi) is 5.66. The zero-order valence-corrected chi connectivity index (χ0v) is 11.8. The molecule has 0 unspecified atom stereocenters. The van der Waals surface area contributed by atoms with Crippen molar-refractivity contribution in [3.63, 3.8) is 0 Å². The van der Waals surface area contributed by atoms with Gasteiger partial charge in [0.25, 0.3) is 0 Å². The highest BCUT2D eigenvalue weighted by atomic mass is 35.5. The first-order chi connectivity index (χ1) is 8.04. The summed E-state index contributed by atoms with van der Waals surface area (Å²) in [5.41, 5.74) is 6.33. The van der Waals surface area contributed by atoms with Crippen LogP contribution in [0.25, 0.3) is 0 Å². The van der Waals surface area contributed by atoms with Crippen molar-refractivity contribution in [2.45, 2.75) is 25.5 Å². The highest BCUT2D eigenvalue weighted by Crippen LogP contribution is 2.27. The highest BCUT2D eigenvalue weighted by Gasteiger charge is 2.33. The first kappa shape index (κ1) is 15.5. The fourth-order valence-corrected chi connectivity index (χ4v) is 2.23. The van der Waals surface area contributed by atoms with Crippen LogP contribution in [0.4, 0.5) is 0 Å². The third-order valence-electron chi connectivity index (χ3n) is 2.71. The van der Waals surface area contributed by atoms with Gasteiger partial charge >= 0.3 is 5.97 Å². The Morgan fingerprint density at radius 1 is 1.39 bits per heavy atom. The zero-order chi connectivity index (χ0) is 12.4. The summed E-state index contributed by atoms with van der Waals surface area (Å²) >= 11 is 11.5. The van der Waals surface area contributed by atoms with E-state index in [-0.39, 0.29) is 47.2 Å². The molecular formula is C11H13Cl3N2O2. The number of rotatable bonds is 3. The first-order valence-corrected chi connectivity index (χ1v) is 6.04. The summed E-state index contributed by atoms with van der Waals surface area (Å²) in [6.45, 7) is 0.159. The standard InChI is InChI=1S/C11H12Cl2N2O2.ClH/c12-9-1-6(2-10(13)15-9)5-17-11(16)7-3-8(14)4-7;/h1-2,7-8H,3-5,14H2;1H/t7-,8-;. The first-order valence-electron chi connectivity index (χ1n) is 5.29. The van der Waals surface area contributed by atoms with Crippen LogP contribution in [0.2, 0.25) is 10.3 Å². The van der Waals surface area contributed by atoms with E-state index in [1.165, 1.54) is 0 Å². The smallest absolute Gasteiger partial charge is 0.309 e. The number of carbonyl (C=O) groups excluding carboxylic acids is 1. The topological polar surface area (TPSA) is 65.2 Å². The largest absolute Gasteiger partial charge is 0.461 e. The molecule has 0 amide bonds. The molecule has 2 N–H and O–H groups in total. The van der Waals surface area contributed by atoms with Gasteiger partial charge in [-0.05, 0) is 30.5 Å². The van der Waals surface area contributed by atoms with Gasteiger partial charge in [-0.1, -0.05) is 23.2 Å². The average molecular weight is 312 g/mol. The van der Waals surface area contributed by atoms with Crippen molar-refractivity contribution in [2.24, 2.45) is 11.7 Å². The van der Waals surface area contributed by atoms with Crippen molar-refractivity contribution >= 4 is 41.6 Å². The van der Waals surface area contributed by atoms with Crippen LogP contribution in [0.3, 0.4) is 0 Å². The van der Waals surface area contributed by atoms with Gasteiger partial charge in [0.15, 0.2) is 0 Å². The Labute approximate surface area is 121 Å². The molecule has 1 aliphatic rings. The van der Waals surface area contributed by atoms with Crippen LogP contribution in [0.15, 0.2) is 12.1 Å². The molecule has 1 aliphatic carbocycles. The lowest BCUT2D eigenvalue weighted by atomic mass is 9.81. The van der Waals surface area contributed by atoms with Crippen LogP contribution < -0.4 is 5.73 Å². The summed E-state index contributed by atoms with van der Waals surface area (Å²) in [5, 5.41) is 0.573. The SMILES string of the molecule is Cl.N[C@H]1C[C@H](C(=O)OCc2cc(Cl)nc(Cl)c2)C1.